The minimum absolute atomic E-state index is 0.0815. The Hall–Kier alpha value is -5.19. The molecular weight excluding hydrogens is 631 g/mol. The number of hydrogen-bond donors (Lipinski definition) is 1. The molecule has 0 radical (unpaired) electrons. The number of aliphatic imine (C=N–C) groups is 1. The van der Waals surface area contributed by atoms with E-state index in [0.29, 0.717) is 12.2 Å². The summed E-state index contributed by atoms with van der Waals surface area (Å²) < 4.78 is 7.40. The highest BCUT2D eigenvalue weighted by Crippen LogP contribution is 2.34. The fourth-order valence-electron chi connectivity index (χ4n) is 5.07. The first-order valence-corrected chi connectivity index (χ1v) is 17.4. The Morgan fingerprint density at radius 3 is 2.41 bits per heavy atom. The van der Waals surface area contributed by atoms with Crippen molar-refractivity contribution in [1.82, 2.24) is 19.8 Å². The van der Waals surface area contributed by atoms with Gasteiger partial charge in [-0.2, -0.15) is 5.10 Å². The number of terminal acetylenes is 1. The number of ketones is 1. The molecule has 0 amide bonds. The molecule has 2 heterocycles. The second-order valence-electron chi connectivity index (χ2n) is 12.3. The van der Waals surface area contributed by atoms with E-state index in [9.17, 15) is 4.79 Å². The molecule has 3 aromatic rings. The number of benzene rings is 1. The predicted molar refractivity (Wildman–Crippen MR) is 220 cm³/mol. The molecule has 0 saturated carbocycles. The van der Waals surface area contributed by atoms with E-state index in [-0.39, 0.29) is 5.78 Å². The number of pyridine rings is 1. The van der Waals surface area contributed by atoms with Crippen molar-refractivity contribution >= 4 is 23.1 Å². The smallest absolute Gasteiger partial charge is 0.134 e. The van der Waals surface area contributed by atoms with Crippen molar-refractivity contribution in [1.29, 1.82) is 0 Å². The van der Waals surface area contributed by atoms with Crippen LogP contribution in [-0.4, -0.2) is 53.8 Å². The van der Waals surface area contributed by atoms with Crippen molar-refractivity contribution in [2.75, 3.05) is 27.2 Å². The summed E-state index contributed by atoms with van der Waals surface area (Å²) in [5.41, 5.74) is 8.08. The number of Topliss-reactive ketones (excluding diaryl/α,β-unsaturated/α-hetero) is 1. The highest BCUT2D eigenvalue weighted by Gasteiger charge is 2.17. The van der Waals surface area contributed by atoms with Crippen LogP contribution in [0.15, 0.2) is 114 Å². The Balaban J connectivity index is 0.00000129. The fraction of sp³-hybridized carbons (Fsp3) is 0.341. The van der Waals surface area contributed by atoms with E-state index in [1.807, 2.05) is 91.5 Å². The number of ether oxygens (including phenoxy) is 1. The van der Waals surface area contributed by atoms with E-state index in [1.165, 1.54) is 5.57 Å². The molecule has 7 nitrogen and oxygen atoms in total. The molecule has 1 N–H and O–H groups in total. The second kappa shape index (κ2) is 24.9. The lowest BCUT2D eigenvalue weighted by Crippen LogP contribution is -2.20. The maximum Gasteiger partial charge on any atom is 0.134 e. The van der Waals surface area contributed by atoms with E-state index in [0.717, 1.165) is 77.3 Å². The molecule has 0 bridgehead atoms. The first-order chi connectivity index (χ1) is 24.5. The molecule has 3 rings (SSSR count). The van der Waals surface area contributed by atoms with Crippen LogP contribution in [0.5, 0.6) is 5.75 Å². The van der Waals surface area contributed by atoms with Crippen LogP contribution in [0, 0.1) is 12.8 Å². The van der Waals surface area contributed by atoms with Gasteiger partial charge in [0.15, 0.2) is 0 Å². The van der Waals surface area contributed by atoms with Gasteiger partial charge in [0.25, 0.3) is 0 Å². The molecule has 0 fully saturated rings. The van der Waals surface area contributed by atoms with Crippen LogP contribution in [0.25, 0.3) is 22.3 Å². The van der Waals surface area contributed by atoms with Gasteiger partial charge < -0.3 is 15.0 Å². The van der Waals surface area contributed by atoms with Gasteiger partial charge in [-0.15, -0.1) is 19.4 Å². The van der Waals surface area contributed by atoms with Gasteiger partial charge >= 0.3 is 0 Å². The number of rotatable bonds is 17. The zero-order chi connectivity index (χ0) is 38.2. The Morgan fingerprint density at radius 2 is 1.80 bits per heavy atom. The topological polar surface area (TPSA) is 71.2 Å². The van der Waals surface area contributed by atoms with Crippen LogP contribution < -0.4 is 10.1 Å². The number of methoxy groups -OCH3 is 1. The van der Waals surface area contributed by atoms with Crippen molar-refractivity contribution in [2.45, 2.75) is 74.1 Å². The average Bonchev–Trinajstić information content (AvgIpc) is 3.51. The van der Waals surface area contributed by atoms with Gasteiger partial charge in [0.2, 0.25) is 0 Å². The van der Waals surface area contributed by atoms with Gasteiger partial charge in [-0.25, -0.2) is 9.51 Å². The highest BCUT2D eigenvalue weighted by atomic mass is 16.5. The third-order valence-electron chi connectivity index (χ3n) is 7.60. The fourth-order valence-corrected chi connectivity index (χ4v) is 5.07. The van der Waals surface area contributed by atoms with Crippen LogP contribution in [0.3, 0.4) is 0 Å². The Labute approximate surface area is 307 Å². The quantitative estimate of drug-likeness (QED) is 0.0502. The number of allylic oxidation sites excluding steroid dienone is 9. The standard InChI is InChI=1S/C35H45N5O2.C7H12.C2H2/c1-8-10-12-21-39(6)22-14-15-27(4)37-33(9-2)36-20-19-26(3)34-31-16-11-13-23-40(31)38-35(34)29-17-18-32(42-7)30(25-29)24-28(5)41;1-4-5-6-7(2)3;1-2/h8-9,11,13,15-20,23,25,37H,1,10,12,14,21-22,24H2,2-7H3;4-6H,1-3H3;1-2H/b26-19+,27-15+,33-9+,36-20-;5-4-;. The monoisotopic (exact) mass is 689 g/mol. The summed E-state index contributed by atoms with van der Waals surface area (Å²) in [5.74, 6) is 1.57. The zero-order valence-electron chi connectivity index (χ0n) is 32.4. The van der Waals surface area contributed by atoms with Gasteiger partial charge in [0, 0.05) is 47.8 Å². The Morgan fingerprint density at radius 1 is 1.06 bits per heavy atom. The SMILES string of the molecule is C#C.C/C=C\C=C(C)C.C=CCCCN(C)CC/C=C(\C)NC(=C/C)/N=C\C=C(/C)c1c(-c2ccc(OC)c(CC(C)=O)c2)nn2ccccc12. The Bertz CT molecular complexity index is 1740. The van der Waals surface area contributed by atoms with Gasteiger partial charge in [0.05, 0.1) is 12.6 Å². The molecule has 51 heavy (non-hydrogen) atoms. The molecule has 0 atom stereocenters. The molecule has 1 aromatic carbocycles. The summed E-state index contributed by atoms with van der Waals surface area (Å²) in [7, 11) is 3.78. The number of fused-ring (bicyclic) bond motifs is 1. The zero-order valence-corrected chi connectivity index (χ0v) is 32.4. The van der Waals surface area contributed by atoms with Crippen LogP contribution in [0.2, 0.25) is 0 Å². The number of unbranched alkanes of at least 4 members (excludes halogenated alkanes) is 1. The second-order valence-corrected chi connectivity index (χ2v) is 12.3. The molecule has 0 spiro atoms. The van der Waals surface area contributed by atoms with Gasteiger partial charge in [-0.1, -0.05) is 42.0 Å². The third kappa shape index (κ3) is 15.9. The average molecular weight is 690 g/mol. The van der Waals surface area contributed by atoms with Crippen molar-refractivity contribution in [2.24, 2.45) is 4.99 Å². The van der Waals surface area contributed by atoms with Crippen LogP contribution in [0.1, 0.15) is 78.9 Å². The molecule has 2 aromatic heterocycles. The number of carbonyl (C=O) groups is 1. The van der Waals surface area contributed by atoms with Crippen molar-refractivity contribution < 1.29 is 9.53 Å². The van der Waals surface area contributed by atoms with E-state index in [2.05, 4.69) is 87.6 Å². The number of nitrogens with one attached hydrogen (secondary N) is 1. The summed E-state index contributed by atoms with van der Waals surface area (Å²) in [6.45, 7) is 19.8. The molecule has 272 valence electrons. The molecule has 0 aliphatic heterocycles. The highest BCUT2D eigenvalue weighted by molar-refractivity contribution is 5.94. The minimum Gasteiger partial charge on any atom is -0.496 e. The van der Waals surface area contributed by atoms with E-state index in [1.54, 1.807) is 14.0 Å². The molecule has 0 aliphatic carbocycles. The number of nitrogens with zero attached hydrogens (tertiary/aromatic N) is 4. The molecule has 0 unspecified atom stereocenters. The van der Waals surface area contributed by atoms with E-state index >= 15 is 0 Å². The number of carbonyl (C=O) groups excluding carboxylic acids is 1. The summed E-state index contributed by atoms with van der Waals surface area (Å²) >= 11 is 0. The number of hydrogen-bond acceptors (Lipinski definition) is 6. The lowest BCUT2D eigenvalue weighted by molar-refractivity contribution is -0.116. The molecular formula is C44H59N5O2. The lowest BCUT2D eigenvalue weighted by atomic mass is 9.97. The molecule has 0 saturated heterocycles. The maximum atomic E-state index is 11.9. The van der Waals surface area contributed by atoms with Crippen LogP contribution in [0.4, 0.5) is 0 Å². The lowest BCUT2D eigenvalue weighted by Gasteiger charge is -2.15. The summed E-state index contributed by atoms with van der Waals surface area (Å²) in [6, 6.07) is 11.9. The van der Waals surface area contributed by atoms with Gasteiger partial charge in [0.1, 0.15) is 23.0 Å². The van der Waals surface area contributed by atoms with E-state index in [4.69, 9.17) is 9.84 Å². The van der Waals surface area contributed by atoms with Crippen molar-refractivity contribution in [3.05, 3.63) is 120 Å². The van der Waals surface area contributed by atoms with E-state index < -0.39 is 0 Å². The summed E-state index contributed by atoms with van der Waals surface area (Å²) in [4.78, 5) is 18.9. The predicted octanol–water partition coefficient (Wildman–Crippen LogP) is 10.0. The van der Waals surface area contributed by atoms with Crippen LogP contribution >= 0.6 is 0 Å². The normalized spacial score (nSPS) is 12.0. The maximum absolute atomic E-state index is 11.9. The van der Waals surface area contributed by atoms with Crippen LogP contribution in [-0.2, 0) is 11.2 Å². The minimum atomic E-state index is 0.0815. The third-order valence-corrected chi connectivity index (χ3v) is 7.60. The Kier molecular flexibility index (Phi) is 21.4. The largest absolute Gasteiger partial charge is 0.496 e. The van der Waals surface area contributed by atoms with Gasteiger partial charge in [-0.3, -0.25) is 4.79 Å². The van der Waals surface area contributed by atoms with Gasteiger partial charge in [-0.05, 0) is 129 Å². The number of aromatic nitrogens is 2. The van der Waals surface area contributed by atoms with Crippen molar-refractivity contribution in [3.63, 3.8) is 0 Å². The first kappa shape index (κ1) is 43.8. The summed E-state index contributed by atoms with van der Waals surface area (Å²) in [5, 5.41) is 8.31. The molecule has 0 aliphatic rings. The van der Waals surface area contributed by atoms with Crippen molar-refractivity contribution in [3.8, 4) is 29.9 Å². The first-order valence-electron chi connectivity index (χ1n) is 17.4. The summed E-state index contributed by atoms with van der Waals surface area (Å²) in [6.07, 6.45) is 29.5. The molecule has 7 heteroatoms.